The fourth-order valence-corrected chi connectivity index (χ4v) is 1.75. The highest BCUT2D eigenvalue weighted by Crippen LogP contribution is 2.28. The molecule has 0 bridgehead atoms. The van der Waals surface area contributed by atoms with Gasteiger partial charge in [-0.1, -0.05) is 6.92 Å². The summed E-state index contributed by atoms with van der Waals surface area (Å²) < 4.78 is 2.63. The molecule has 92 valence electrons. The van der Waals surface area contributed by atoms with Crippen LogP contribution in [-0.4, -0.2) is 16.9 Å². The second kappa shape index (κ2) is 6.15. The van der Waals surface area contributed by atoms with Crippen LogP contribution in [0.1, 0.15) is 20.3 Å². The van der Waals surface area contributed by atoms with Crippen molar-refractivity contribution in [1.29, 1.82) is 0 Å². The number of nitrogens with one attached hydrogen (secondary N) is 2. The summed E-state index contributed by atoms with van der Waals surface area (Å²) in [5.74, 6) is -0.351. The Bertz CT molecular complexity index is 435. The highest BCUT2D eigenvalue weighted by atomic mass is 32.2. The van der Waals surface area contributed by atoms with Gasteiger partial charge in [-0.05, 0) is 30.1 Å². The Labute approximate surface area is 104 Å². The number of hydrogen-bond acceptors (Lipinski definition) is 4. The molecule has 1 rings (SSSR count). The predicted molar refractivity (Wildman–Crippen MR) is 66.7 cm³/mol. The molecule has 1 aromatic rings. The second-order valence-corrected chi connectivity index (χ2v) is 4.22. The molecule has 0 saturated carbocycles. The van der Waals surface area contributed by atoms with Crippen molar-refractivity contribution in [1.82, 2.24) is 4.72 Å². The van der Waals surface area contributed by atoms with Gasteiger partial charge in [-0.3, -0.25) is 14.3 Å². The fourth-order valence-electron chi connectivity index (χ4n) is 1.06. The van der Waals surface area contributed by atoms with Gasteiger partial charge in [0.05, 0.1) is 5.69 Å². The Balaban J connectivity index is 2.74. The first-order chi connectivity index (χ1) is 8.02. The minimum Gasteiger partial charge on any atom is -0.506 e. The van der Waals surface area contributed by atoms with E-state index in [0.29, 0.717) is 12.1 Å². The van der Waals surface area contributed by atoms with Crippen LogP contribution in [0.5, 0.6) is 5.75 Å². The minimum absolute atomic E-state index is 0.00799. The van der Waals surface area contributed by atoms with Crippen LogP contribution in [0.15, 0.2) is 23.1 Å². The highest BCUT2D eigenvalue weighted by molar-refractivity contribution is 7.98. The number of benzene rings is 1. The summed E-state index contributed by atoms with van der Waals surface area (Å²) in [5, 5.41) is 12.0. The Morgan fingerprint density at radius 1 is 1.41 bits per heavy atom. The van der Waals surface area contributed by atoms with Crippen molar-refractivity contribution in [2.24, 2.45) is 0 Å². The van der Waals surface area contributed by atoms with Crippen LogP contribution in [0.25, 0.3) is 0 Å². The first-order valence-electron chi connectivity index (χ1n) is 5.09. The maximum atomic E-state index is 11.1. The number of aromatic hydroxyl groups is 1. The van der Waals surface area contributed by atoms with Gasteiger partial charge in [0.1, 0.15) is 5.75 Å². The van der Waals surface area contributed by atoms with E-state index in [0.717, 1.165) is 16.8 Å². The molecular formula is C11H14N2O3S. The summed E-state index contributed by atoms with van der Waals surface area (Å²) in [4.78, 5) is 22.7. The number of anilines is 1. The lowest BCUT2D eigenvalue weighted by molar-refractivity contribution is -0.119. The number of hydrogen-bond donors (Lipinski definition) is 3. The Hall–Kier alpha value is -1.69. The molecule has 0 aliphatic heterocycles. The molecule has 17 heavy (non-hydrogen) atoms. The maximum absolute atomic E-state index is 11.1. The summed E-state index contributed by atoms with van der Waals surface area (Å²) in [6.07, 6.45) is 0.406. The van der Waals surface area contributed by atoms with Crippen molar-refractivity contribution in [3.8, 4) is 5.75 Å². The van der Waals surface area contributed by atoms with Crippen LogP contribution >= 0.6 is 11.9 Å². The van der Waals surface area contributed by atoms with Crippen molar-refractivity contribution in [2.45, 2.75) is 25.2 Å². The molecule has 0 saturated heterocycles. The summed E-state index contributed by atoms with van der Waals surface area (Å²) in [5.41, 5.74) is 0.327. The summed E-state index contributed by atoms with van der Waals surface area (Å²) >= 11 is 1.14. The lowest BCUT2D eigenvalue weighted by atomic mass is 10.3. The summed E-state index contributed by atoms with van der Waals surface area (Å²) in [6.45, 7) is 3.12. The van der Waals surface area contributed by atoms with E-state index < -0.39 is 0 Å². The summed E-state index contributed by atoms with van der Waals surface area (Å²) in [7, 11) is 0. The number of phenols is 1. The largest absolute Gasteiger partial charge is 0.506 e. The monoisotopic (exact) mass is 254 g/mol. The number of rotatable bonds is 4. The Morgan fingerprint density at radius 3 is 2.71 bits per heavy atom. The number of carbonyl (C=O) groups excluding carboxylic acids is 2. The van der Waals surface area contributed by atoms with Crippen molar-refractivity contribution >= 4 is 29.4 Å². The lowest BCUT2D eigenvalue weighted by Crippen LogP contribution is -2.13. The molecule has 0 aliphatic rings. The van der Waals surface area contributed by atoms with Crippen LogP contribution in [0.4, 0.5) is 5.69 Å². The molecule has 0 radical (unpaired) electrons. The van der Waals surface area contributed by atoms with Gasteiger partial charge < -0.3 is 10.4 Å². The summed E-state index contributed by atoms with van der Waals surface area (Å²) in [6, 6.07) is 4.71. The normalized spacial score (nSPS) is 9.76. The molecule has 2 amide bonds. The van der Waals surface area contributed by atoms with Gasteiger partial charge >= 0.3 is 0 Å². The van der Waals surface area contributed by atoms with Gasteiger partial charge in [0.25, 0.3) is 0 Å². The molecule has 0 spiro atoms. The zero-order valence-corrected chi connectivity index (χ0v) is 10.4. The minimum atomic E-state index is -0.264. The van der Waals surface area contributed by atoms with E-state index in [4.69, 9.17) is 0 Å². The van der Waals surface area contributed by atoms with Gasteiger partial charge in [0.2, 0.25) is 11.8 Å². The predicted octanol–water partition coefficient (Wildman–Crippen LogP) is 1.88. The van der Waals surface area contributed by atoms with Crippen LogP contribution in [-0.2, 0) is 9.59 Å². The van der Waals surface area contributed by atoms with Gasteiger partial charge in [-0.2, -0.15) is 0 Å². The quantitative estimate of drug-likeness (QED) is 0.566. The molecule has 6 heteroatoms. The topological polar surface area (TPSA) is 78.4 Å². The van der Waals surface area contributed by atoms with E-state index in [1.165, 1.54) is 13.0 Å². The first-order valence-corrected chi connectivity index (χ1v) is 5.91. The first kappa shape index (κ1) is 13.4. The second-order valence-electron chi connectivity index (χ2n) is 3.34. The van der Waals surface area contributed by atoms with Crippen molar-refractivity contribution in [3.05, 3.63) is 18.2 Å². The molecule has 1 aromatic carbocycles. The van der Waals surface area contributed by atoms with E-state index in [1.807, 2.05) is 0 Å². The molecule has 0 aliphatic carbocycles. The Kier molecular flexibility index (Phi) is 4.84. The van der Waals surface area contributed by atoms with Gasteiger partial charge in [-0.25, -0.2) is 0 Å². The van der Waals surface area contributed by atoms with Gasteiger partial charge in [0, 0.05) is 18.2 Å². The standard InChI is InChI=1S/C11H14N2O3S/c1-3-11(16)13-17-8-4-5-10(15)9(6-8)12-7(2)14/h4-6,15H,3H2,1-2H3,(H,12,14)(H,13,16). The Morgan fingerprint density at radius 2 is 2.12 bits per heavy atom. The van der Waals surface area contributed by atoms with E-state index in [-0.39, 0.29) is 17.6 Å². The van der Waals surface area contributed by atoms with Crippen LogP contribution in [0.3, 0.4) is 0 Å². The van der Waals surface area contributed by atoms with Gasteiger partial charge in [0.15, 0.2) is 0 Å². The van der Waals surface area contributed by atoms with E-state index in [2.05, 4.69) is 10.0 Å². The maximum Gasteiger partial charge on any atom is 0.229 e. The number of phenolic OH excluding ortho intramolecular Hbond substituents is 1. The van der Waals surface area contributed by atoms with Crippen molar-refractivity contribution < 1.29 is 14.7 Å². The smallest absolute Gasteiger partial charge is 0.229 e. The van der Waals surface area contributed by atoms with Crippen LogP contribution in [0.2, 0.25) is 0 Å². The molecule has 0 fully saturated rings. The molecule has 0 aromatic heterocycles. The van der Waals surface area contributed by atoms with E-state index >= 15 is 0 Å². The highest BCUT2D eigenvalue weighted by Gasteiger charge is 2.05. The van der Waals surface area contributed by atoms with Crippen molar-refractivity contribution in [3.63, 3.8) is 0 Å². The van der Waals surface area contributed by atoms with Gasteiger partial charge in [-0.15, -0.1) is 0 Å². The van der Waals surface area contributed by atoms with Crippen LogP contribution < -0.4 is 10.0 Å². The number of amides is 2. The fraction of sp³-hybridized carbons (Fsp3) is 0.273. The van der Waals surface area contributed by atoms with E-state index in [9.17, 15) is 14.7 Å². The molecule has 3 N–H and O–H groups in total. The molecular weight excluding hydrogens is 240 g/mol. The molecule has 0 atom stereocenters. The average molecular weight is 254 g/mol. The molecule has 0 unspecified atom stereocenters. The third-order valence-corrected chi connectivity index (χ3v) is 2.70. The third kappa shape index (κ3) is 4.36. The van der Waals surface area contributed by atoms with Crippen LogP contribution in [0, 0.1) is 0 Å². The third-order valence-electron chi connectivity index (χ3n) is 1.88. The lowest BCUT2D eigenvalue weighted by Gasteiger charge is -2.08. The zero-order valence-electron chi connectivity index (χ0n) is 9.61. The average Bonchev–Trinajstić information content (AvgIpc) is 2.29. The molecule has 0 heterocycles. The zero-order chi connectivity index (χ0) is 12.8. The molecule has 5 nitrogen and oxygen atoms in total. The number of carbonyl (C=O) groups is 2. The SMILES string of the molecule is CCC(=O)NSc1ccc(O)c(NC(C)=O)c1. The van der Waals surface area contributed by atoms with Crippen molar-refractivity contribution in [2.75, 3.05) is 5.32 Å². The van der Waals surface area contributed by atoms with E-state index in [1.54, 1.807) is 19.1 Å².